The highest BCUT2D eigenvalue weighted by Crippen LogP contribution is 2.30. The molecule has 3 aromatic carbocycles. The van der Waals surface area contributed by atoms with Crippen molar-refractivity contribution in [1.82, 2.24) is 29.7 Å². The van der Waals surface area contributed by atoms with Gasteiger partial charge in [-0.05, 0) is 56.4 Å². The van der Waals surface area contributed by atoms with Gasteiger partial charge in [0, 0.05) is 12.1 Å². The SMILES string of the molecule is CCCOc1ccc(CNC(=O)CN(C)C)cc1-c1nc2cc3ncn(Cc4ccccc4OC)c3cc2c(=O)[nH]1. The number of imidazole rings is 1. The van der Waals surface area contributed by atoms with Crippen LogP contribution in [0.3, 0.4) is 0 Å². The zero-order valence-corrected chi connectivity index (χ0v) is 23.7. The third kappa shape index (κ3) is 6.22. The van der Waals surface area contributed by atoms with Crippen molar-refractivity contribution in [2.75, 3.05) is 34.4 Å². The Kier molecular flexibility index (Phi) is 8.30. The molecule has 0 bridgehead atoms. The van der Waals surface area contributed by atoms with Crippen LogP contribution in [0.5, 0.6) is 11.5 Å². The molecule has 0 saturated carbocycles. The lowest BCUT2D eigenvalue weighted by molar-refractivity contribution is -0.121. The zero-order valence-electron chi connectivity index (χ0n) is 23.7. The maximum atomic E-state index is 13.4. The predicted molar refractivity (Wildman–Crippen MR) is 159 cm³/mol. The second kappa shape index (κ2) is 12.2. The quantitative estimate of drug-likeness (QED) is 0.254. The molecule has 0 unspecified atom stereocenters. The Bertz CT molecular complexity index is 1760. The molecule has 0 aliphatic heterocycles. The van der Waals surface area contributed by atoms with Crippen LogP contribution in [0, 0.1) is 0 Å². The summed E-state index contributed by atoms with van der Waals surface area (Å²) < 4.78 is 13.5. The first kappa shape index (κ1) is 27.9. The molecule has 5 rings (SSSR count). The summed E-state index contributed by atoms with van der Waals surface area (Å²) in [4.78, 5) is 39.7. The number of carbonyl (C=O) groups excluding carboxylic acids is 1. The lowest BCUT2D eigenvalue weighted by Gasteiger charge is -2.14. The van der Waals surface area contributed by atoms with Gasteiger partial charge >= 0.3 is 0 Å². The predicted octanol–water partition coefficient (Wildman–Crippen LogP) is 3.96. The molecule has 1 amide bonds. The molecule has 0 spiro atoms. The Balaban J connectivity index is 1.52. The normalized spacial score (nSPS) is 11.3. The summed E-state index contributed by atoms with van der Waals surface area (Å²) in [6.07, 6.45) is 2.59. The van der Waals surface area contributed by atoms with Crippen molar-refractivity contribution in [2.24, 2.45) is 0 Å². The van der Waals surface area contributed by atoms with Crippen molar-refractivity contribution in [1.29, 1.82) is 0 Å². The number of amides is 1. The third-order valence-corrected chi connectivity index (χ3v) is 6.69. The van der Waals surface area contributed by atoms with Crippen LogP contribution in [-0.2, 0) is 17.9 Å². The van der Waals surface area contributed by atoms with E-state index < -0.39 is 0 Å². The Hall–Kier alpha value is -4.70. The number of fused-ring (bicyclic) bond motifs is 2. The van der Waals surface area contributed by atoms with Gasteiger partial charge in [-0.3, -0.25) is 9.59 Å². The van der Waals surface area contributed by atoms with Crippen molar-refractivity contribution in [3.05, 3.63) is 82.4 Å². The van der Waals surface area contributed by atoms with Crippen molar-refractivity contribution < 1.29 is 14.3 Å². The molecule has 2 heterocycles. The van der Waals surface area contributed by atoms with Gasteiger partial charge in [0.1, 0.15) is 17.3 Å². The van der Waals surface area contributed by atoms with Crippen LogP contribution < -0.4 is 20.3 Å². The molecular weight excluding hydrogens is 520 g/mol. The van der Waals surface area contributed by atoms with E-state index in [0.29, 0.717) is 54.3 Å². The first-order valence-electron chi connectivity index (χ1n) is 13.5. The molecule has 2 aromatic heterocycles. The Labute approximate surface area is 237 Å². The first-order valence-corrected chi connectivity index (χ1v) is 13.5. The van der Waals surface area contributed by atoms with Gasteiger partial charge in [0.25, 0.3) is 5.56 Å². The molecule has 0 atom stereocenters. The highest BCUT2D eigenvalue weighted by Gasteiger charge is 2.16. The number of likely N-dealkylation sites (N-methyl/N-ethyl adjacent to an activating group) is 1. The monoisotopic (exact) mass is 554 g/mol. The second-order valence-corrected chi connectivity index (χ2v) is 10.2. The number of hydrogen-bond acceptors (Lipinski definition) is 7. The lowest BCUT2D eigenvalue weighted by Crippen LogP contribution is -2.32. The molecule has 10 nitrogen and oxygen atoms in total. The van der Waals surface area contributed by atoms with Gasteiger partial charge in [0.15, 0.2) is 0 Å². The maximum Gasteiger partial charge on any atom is 0.259 e. The Morgan fingerprint density at radius 1 is 1.07 bits per heavy atom. The van der Waals surface area contributed by atoms with Gasteiger partial charge in [-0.2, -0.15) is 0 Å². The van der Waals surface area contributed by atoms with Gasteiger partial charge in [0.05, 0.1) is 60.6 Å². The van der Waals surface area contributed by atoms with E-state index >= 15 is 0 Å². The van der Waals surface area contributed by atoms with E-state index in [0.717, 1.165) is 34.3 Å². The van der Waals surface area contributed by atoms with E-state index in [1.165, 1.54) is 0 Å². The Morgan fingerprint density at radius 3 is 2.68 bits per heavy atom. The molecule has 0 aliphatic rings. The standard InChI is InChI=1S/C31H34N6O4/c1-5-12-41-28-11-10-20(16-32-29(38)18-36(2)3)13-23(28)30-34-24-15-25-26(14-22(24)31(39)35-30)37(19-33-25)17-21-8-6-7-9-27(21)40-4/h6-11,13-15,19H,5,12,16-18H2,1-4H3,(H,32,38)(H,34,35,39). The lowest BCUT2D eigenvalue weighted by atomic mass is 10.1. The van der Waals surface area contributed by atoms with Crippen LogP contribution in [0.15, 0.2) is 65.7 Å². The topological polar surface area (TPSA) is 114 Å². The number of aromatic nitrogens is 4. The molecule has 0 fully saturated rings. The summed E-state index contributed by atoms with van der Waals surface area (Å²) in [7, 11) is 5.34. The highest BCUT2D eigenvalue weighted by molar-refractivity contribution is 5.93. The van der Waals surface area contributed by atoms with E-state index in [1.54, 1.807) is 13.4 Å². The summed E-state index contributed by atoms with van der Waals surface area (Å²) in [5.74, 6) is 1.72. The summed E-state index contributed by atoms with van der Waals surface area (Å²) in [6.45, 7) is 3.74. The van der Waals surface area contributed by atoms with Gasteiger partial charge in [-0.25, -0.2) is 9.97 Å². The molecule has 0 saturated heterocycles. The van der Waals surface area contributed by atoms with Gasteiger partial charge in [-0.1, -0.05) is 31.2 Å². The molecule has 2 N–H and O–H groups in total. The number of ether oxygens (including phenoxy) is 2. The van der Waals surface area contributed by atoms with Crippen LogP contribution in [0.1, 0.15) is 24.5 Å². The smallest absolute Gasteiger partial charge is 0.259 e. The number of nitrogens with one attached hydrogen (secondary N) is 2. The van der Waals surface area contributed by atoms with Crippen molar-refractivity contribution in [3.8, 4) is 22.9 Å². The number of hydrogen-bond donors (Lipinski definition) is 2. The second-order valence-electron chi connectivity index (χ2n) is 10.2. The van der Waals surface area contributed by atoms with Crippen LogP contribution in [0.25, 0.3) is 33.3 Å². The number of aromatic amines is 1. The van der Waals surface area contributed by atoms with Gasteiger partial charge in [0.2, 0.25) is 5.91 Å². The largest absolute Gasteiger partial charge is 0.496 e. The number of methoxy groups -OCH3 is 1. The molecule has 41 heavy (non-hydrogen) atoms. The minimum absolute atomic E-state index is 0.0748. The fourth-order valence-electron chi connectivity index (χ4n) is 4.72. The number of para-hydroxylation sites is 1. The van der Waals surface area contributed by atoms with Crippen LogP contribution in [-0.4, -0.2) is 64.7 Å². The molecule has 212 valence electrons. The van der Waals surface area contributed by atoms with E-state index in [4.69, 9.17) is 14.5 Å². The molecule has 0 radical (unpaired) electrons. The van der Waals surface area contributed by atoms with Crippen molar-refractivity contribution in [3.63, 3.8) is 0 Å². The van der Waals surface area contributed by atoms with E-state index in [2.05, 4.69) is 15.3 Å². The summed E-state index contributed by atoms with van der Waals surface area (Å²) in [6, 6.07) is 17.1. The van der Waals surface area contributed by atoms with Crippen LogP contribution in [0.4, 0.5) is 0 Å². The maximum absolute atomic E-state index is 13.4. The first-order chi connectivity index (χ1) is 19.9. The van der Waals surface area contributed by atoms with Gasteiger partial charge < -0.3 is 29.2 Å². The molecule has 5 aromatic rings. The number of benzene rings is 3. The summed E-state index contributed by atoms with van der Waals surface area (Å²) >= 11 is 0. The molecular formula is C31H34N6O4. The molecule has 0 aliphatic carbocycles. The van der Waals surface area contributed by atoms with E-state index in [9.17, 15) is 9.59 Å². The average molecular weight is 555 g/mol. The van der Waals surface area contributed by atoms with Crippen LogP contribution >= 0.6 is 0 Å². The number of H-pyrrole nitrogens is 1. The summed E-state index contributed by atoms with van der Waals surface area (Å²) in [5, 5.41) is 3.39. The van der Waals surface area contributed by atoms with Crippen LogP contribution in [0.2, 0.25) is 0 Å². The van der Waals surface area contributed by atoms with Crippen molar-refractivity contribution in [2.45, 2.75) is 26.4 Å². The summed E-state index contributed by atoms with van der Waals surface area (Å²) in [5.41, 5.74) is 4.35. The fourth-order valence-corrected chi connectivity index (χ4v) is 4.72. The van der Waals surface area contributed by atoms with E-state index in [-0.39, 0.29) is 11.5 Å². The highest BCUT2D eigenvalue weighted by atomic mass is 16.5. The van der Waals surface area contributed by atoms with Gasteiger partial charge in [-0.15, -0.1) is 0 Å². The minimum atomic E-state index is -0.261. The third-order valence-electron chi connectivity index (χ3n) is 6.69. The number of rotatable bonds is 11. The van der Waals surface area contributed by atoms with Crippen molar-refractivity contribution >= 4 is 27.8 Å². The number of carbonyl (C=O) groups is 1. The number of nitrogens with zero attached hydrogens (tertiary/aromatic N) is 4. The average Bonchev–Trinajstić information content (AvgIpc) is 3.35. The van der Waals surface area contributed by atoms with E-state index in [1.807, 2.05) is 85.1 Å². The zero-order chi connectivity index (χ0) is 28.9. The minimum Gasteiger partial charge on any atom is -0.496 e. The Morgan fingerprint density at radius 2 is 1.90 bits per heavy atom. The molecule has 10 heteroatoms. The fraction of sp³-hybridized carbons (Fsp3) is 0.290.